The van der Waals surface area contributed by atoms with Gasteiger partial charge in [-0.15, -0.1) is 11.3 Å². The van der Waals surface area contributed by atoms with Crippen LogP contribution in [0.25, 0.3) is 11.3 Å². The van der Waals surface area contributed by atoms with Gasteiger partial charge >= 0.3 is 0 Å². The molecule has 1 aromatic carbocycles. The molecule has 1 aromatic heterocycles. The first-order valence-corrected chi connectivity index (χ1v) is 6.61. The molecule has 4 heteroatoms. The topological polar surface area (TPSA) is 42.4 Å². The third-order valence-electron chi connectivity index (χ3n) is 3.05. The maximum atomic E-state index is 9.16. The molecule has 0 bridgehead atoms. The Morgan fingerprint density at radius 3 is 2.44 bits per heavy atom. The summed E-state index contributed by atoms with van der Waals surface area (Å²) >= 11 is 1.52. The number of aromatic nitrogens is 1. The summed E-state index contributed by atoms with van der Waals surface area (Å²) in [4.78, 5) is 5.56. The van der Waals surface area contributed by atoms with Gasteiger partial charge in [0.15, 0.2) is 0 Å². The monoisotopic (exact) mass is 263 g/mol. The molecule has 3 nitrogen and oxygen atoms in total. The minimum atomic E-state index is -0.0152. The second-order valence-corrected chi connectivity index (χ2v) is 5.60. The summed E-state index contributed by atoms with van der Waals surface area (Å²) in [6.45, 7) is 6.14. The van der Waals surface area contributed by atoms with Crippen molar-refractivity contribution >= 4 is 11.3 Å². The molecule has 1 heterocycles. The highest BCUT2D eigenvalue weighted by Gasteiger charge is 2.15. The number of aliphatic hydroxyl groups excluding tert-OH is 1. The van der Waals surface area contributed by atoms with Crippen LogP contribution in [0.3, 0.4) is 0 Å². The smallest absolute Gasteiger partial charge is 0.128 e. The Labute approximate surface area is 111 Å². The van der Waals surface area contributed by atoms with E-state index in [9.17, 15) is 0 Å². The number of aryl methyl sites for hydroxylation is 3. The van der Waals surface area contributed by atoms with E-state index in [1.165, 1.54) is 22.5 Å². The lowest BCUT2D eigenvalue weighted by molar-refractivity contribution is 0.281. The van der Waals surface area contributed by atoms with Crippen molar-refractivity contribution in [1.29, 1.82) is 0 Å². The number of hydrogen-bond donors (Lipinski definition) is 1. The molecule has 2 aromatic rings. The van der Waals surface area contributed by atoms with E-state index in [-0.39, 0.29) is 6.61 Å². The quantitative estimate of drug-likeness (QED) is 0.924. The summed E-state index contributed by atoms with van der Waals surface area (Å²) in [6.07, 6.45) is 0. The minimum absolute atomic E-state index is 0.0152. The number of aliphatic hydroxyl groups is 1. The molecule has 0 amide bonds. The molecule has 0 aliphatic heterocycles. The highest BCUT2D eigenvalue weighted by molar-refractivity contribution is 7.12. The lowest BCUT2D eigenvalue weighted by atomic mass is 10.0. The molecule has 0 saturated carbocycles. The van der Waals surface area contributed by atoms with E-state index in [4.69, 9.17) is 9.84 Å². The largest absolute Gasteiger partial charge is 0.496 e. The first-order valence-electron chi connectivity index (χ1n) is 5.79. The molecule has 0 aliphatic carbocycles. The predicted octanol–water partition coefficient (Wildman–Crippen LogP) is 3.24. The average molecular weight is 263 g/mol. The molecule has 18 heavy (non-hydrogen) atoms. The van der Waals surface area contributed by atoms with Gasteiger partial charge in [0, 0.05) is 10.4 Å². The number of ether oxygens (including phenoxy) is 1. The lowest BCUT2D eigenvalue weighted by Gasteiger charge is -2.10. The van der Waals surface area contributed by atoms with Gasteiger partial charge < -0.3 is 9.84 Å². The fourth-order valence-electron chi connectivity index (χ4n) is 1.91. The molecule has 0 saturated heterocycles. The third kappa shape index (κ3) is 2.26. The first-order chi connectivity index (χ1) is 8.56. The van der Waals surface area contributed by atoms with Crippen molar-refractivity contribution < 1.29 is 9.84 Å². The van der Waals surface area contributed by atoms with E-state index in [0.29, 0.717) is 0 Å². The fraction of sp³-hybridized carbons (Fsp3) is 0.357. The molecule has 0 spiro atoms. The maximum Gasteiger partial charge on any atom is 0.128 e. The predicted molar refractivity (Wildman–Crippen MR) is 74.2 cm³/mol. The van der Waals surface area contributed by atoms with Gasteiger partial charge in [-0.25, -0.2) is 4.98 Å². The van der Waals surface area contributed by atoms with Crippen LogP contribution in [0.15, 0.2) is 12.1 Å². The molecule has 0 atom stereocenters. The summed E-state index contributed by atoms with van der Waals surface area (Å²) in [5, 5.41) is 9.90. The molecule has 1 N–H and O–H groups in total. The van der Waals surface area contributed by atoms with E-state index < -0.39 is 0 Å². The minimum Gasteiger partial charge on any atom is -0.496 e. The van der Waals surface area contributed by atoms with Gasteiger partial charge in [0.1, 0.15) is 10.8 Å². The number of thiazole rings is 1. The molecule has 0 radical (unpaired) electrons. The van der Waals surface area contributed by atoms with Gasteiger partial charge in [0.25, 0.3) is 0 Å². The number of rotatable bonds is 3. The Morgan fingerprint density at radius 2 is 1.89 bits per heavy atom. The van der Waals surface area contributed by atoms with Crippen LogP contribution in [0.5, 0.6) is 5.75 Å². The summed E-state index contributed by atoms with van der Waals surface area (Å²) in [5.41, 5.74) is 4.31. The Kier molecular flexibility index (Phi) is 3.68. The van der Waals surface area contributed by atoms with Crippen LogP contribution in [0.1, 0.15) is 21.0 Å². The molecule has 0 aliphatic rings. The van der Waals surface area contributed by atoms with Crippen LogP contribution >= 0.6 is 11.3 Å². The van der Waals surface area contributed by atoms with Crippen LogP contribution in [0, 0.1) is 20.8 Å². The molecular formula is C14H17NO2S. The number of benzene rings is 1. The fourth-order valence-corrected chi connectivity index (χ4v) is 2.72. The van der Waals surface area contributed by atoms with E-state index >= 15 is 0 Å². The van der Waals surface area contributed by atoms with Crippen LogP contribution in [-0.2, 0) is 6.61 Å². The van der Waals surface area contributed by atoms with Crippen molar-refractivity contribution in [1.82, 2.24) is 4.98 Å². The van der Waals surface area contributed by atoms with Crippen LogP contribution < -0.4 is 4.74 Å². The van der Waals surface area contributed by atoms with Gasteiger partial charge in [-0.1, -0.05) is 0 Å². The summed E-state index contributed by atoms with van der Waals surface area (Å²) in [7, 11) is 1.67. The van der Waals surface area contributed by atoms with Crippen molar-refractivity contribution in [2.75, 3.05) is 7.11 Å². The molecular weight excluding hydrogens is 246 g/mol. The lowest BCUT2D eigenvalue weighted by Crippen LogP contribution is -1.93. The van der Waals surface area contributed by atoms with Crippen molar-refractivity contribution in [2.45, 2.75) is 27.4 Å². The standard InChI is InChI=1S/C14H17NO2S/c1-8-5-11(12(17-4)6-9(8)2)14-10(3)18-13(7-16)15-14/h5-6,16H,7H2,1-4H3. The Hall–Kier alpha value is -1.39. The van der Waals surface area contributed by atoms with E-state index in [2.05, 4.69) is 24.9 Å². The second kappa shape index (κ2) is 5.08. The highest BCUT2D eigenvalue weighted by atomic mass is 32.1. The van der Waals surface area contributed by atoms with E-state index in [0.717, 1.165) is 26.9 Å². The van der Waals surface area contributed by atoms with E-state index in [1.807, 2.05) is 13.0 Å². The number of hydrogen-bond acceptors (Lipinski definition) is 4. The van der Waals surface area contributed by atoms with Crippen molar-refractivity contribution in [3.05, 3.63) is 33.1 Å². The zero-order chi connectivity index (χ0) is 13.3. The highest BCUT2D eigenvalue weighted by Crippen LogP contribution is 2.35. The molecule has 96 valence electrons. The molecule has 0 unspecified atom stereocenters. The third-order valence-corrected chi connectivity index (χ3v) is 4.00. The van der Waals surface area contributed by atoms with E-state index in [1.54, 1.807) is 7.11 Å². The number of nitrogens with zero attached hydrogens (tertiary/aromatic N) is 1. The zero-order valence-electron chi connectivity index (χ0n) is 11.1. The van der Waals surface area contributed by atoms with Crippen LogP contribution in [-0.4, -0.2) is 17.2 Å². The maximum absolute atomic E-state index is 9.16. The van der Waals surface area contributed by atoms with Crippen molar-refractivity contribution in [3.63, 3.8) is 0 Å². The van der Waals surface area contributed by atoms with Crippen molar-refractivity contribution in [2.24, 2.45) is 0 Å². The van der Waals surface area contributed by atoms with Gasteiger partial charge in [-0.3, -0.25) is 0 Å². The second-order valence-electron chi connectivity index (χ2n) is 4.31. The SMILES string of the molecule is COc1cc(C)c(C)cc1-c1nc(CO)sc1C. The number of methoxy groups -OCH3 is 1. The Balaban J connectivity index is 2.61. The molecule has 2 rings (SSSR count). The molecule has 0 fully saturated rings. The Bertz CT molecular complexity index is 575. The summed E-state index contributed by atoms with van der Waals surface area (Å²) in [5.74, 6) is 0.830. The average Bonchev–Trinajstić information content (AvgIpc) is 2.73. The normalized spacial score (nSPS) is 10.7. The van der Waals surface area contributed by atoms with Gasteiger partial charge in [0.05, 0.1) is 19.4 Å². The van der Waals surface area contributed by atoms with Crippen LogP contribution in [0.4, 0.5) is 0 Å². The summed E-state index contributed by atoms with van der Waals surface area (Å²) in [6, 6.07) is 4.12. The van der Waals surface area contributed by atoms with Gasteiger partial charge in [0.2, 0.25) is 0 Å². The van der Waals surface area contributed by atoms with Gasteiger partial charge in [-0.2, -0.15) is 0 Å². The van der Waals surface area contributed by atoms with Crippen molar-refractivity contribution in [3.8, 4) is 17.0 Å². The first kappa shape index (κ1) is 13.1. The van der Waals surface area contributed by atoms with Gasteiger partial charge in [-0.05, 0) is 44.0 Å². The Morgan fingerprint density at radius 1 is 1.22 bits per heavy atom. The summed E-state index contributed by atoms with van der Waals surface area (Å²) < 4.78 is 5.44. The van der Waals surface area contributed by atoms with Crippen LogP contribution in [0.2, 0.25) is 0 Å². The zero-order valence-corrected chi connectivity index (χ0v) is 11.9.